The zero-order valence-electron chi connectivity index (χ0n) is 27.9. The third-order valence-electron chi connectivity index (χ3n) is 7.40. The molecule has 4 aromatic carbocycles. The van der Waals surface area contributed by atoms with Crippen molar-refractivity contribution in [3.8, 4) is 5.75 Å². The highest BCUT2D eigenvalue weighted by Gasteiger charge is 2.35. The maximum atomic E-state index is 14.6. The number of anilines is 1. The van der Waals surface area contributed by atoms with Crippen LogP contribution in [0.1, 0.15) is 38.8 Å². The molecule has 0 radical (unpaired) electrons. The van der Waals surface area contributed by atoms with Crippen LogP contribution in [0.25, 0.3) is 0 Å². The Hall–Kier alpha value is -4.35. The van der Waals surface area contributed by atoms with Crippen molar-refractivity contribution >= 4 is 39.3 Å². The molecule has 0 heterocycles. The van der Waals surface area contributed by atoms with E-state index in [1.54, 1.807) is 48.5 Å². The van der Waals surface area contributed by atoms with Crippen LogP contribution < -0.4 is 14.4 Å². The van der Waals surface area contributed by atoms with E-state index in [4.69, 9.17) is 4.74 Å². The number of nitrogens with zero attached hydrogens (tertiary/aromatic N) is 2. The van der Waals surface area contributed by atoms with Crippen LogP contribution in [0.2, 0.25) is 0 Å². The van der Waals surface area contributed by atoms with Gasteiger partial charge < -0.3 is 15.0 Å². The molecule has 0 bridgehead atoms. The van der Waals surface area contributed by atoms with Gasteiger partial charge in [0, 0.05) is 23.4 Å². The second-order valence-electron chi connectivity index (χ2n) is 12.2. The third kappa shape index (κ3) is 9.84. The van der Waals surface area contributed by atoms with E-state index in [-0.39, 0.29) is 23.5 Å². The molecule has 4 rings (SSSR count). The Kier molecular flexibility index (Phi) is 12.3. The van der Waals surface area contributed by atoms with E-state index in [0.29, 0.717) is 17.9 Å². The number of benzene rings is 4. The normalized spacial score (nSPS) is 12.2. The standard InChI is InChI=1S/C37H42FN3O5S2/c1-6-46-31-18-16-30(17-19-31)41(48(44,45)33-22-20-32(47-5)21-23-33)26-35(42)40(25-28-12-14-29(38)15-13-28)34(36(43)39-37(2,3)4)24-27-10-8-7-9-11-27/h7-23,34H,6,24-26H2,1-5H3,(H,39,43)/t34-/m0/s1. The van der Waals surface area contributed by atoms with E-state index in [0.717, 1.165) is 14.8 Å². The first-order valence-corrected chi connectivity index (χ1v) is 18.3. The Morgan fingerprint density at radius 1 is 0.875 bits per heavy atom. The lowest BCUT2D eigenvalue weighted by Crippen LogP contribution is -2.56. The molecule has 1 N–H and O–H groups in total. The summed E-state index contributed by atoms with van der Waals surface area (Å²) < 4.78 is 49.1. The molecule has 4 aromatic rings. The number of rotatable bonds is 14. The summed E-state index contributed by atoms with van der Waals surface area (Å²) in [5, 5.41) is 3.00. The SMILES string of the molecule is CCOc1ccc(N(CC(=O)N(Cc2ccc(F)cc2)[C@@H](Cc2ccccc2)C(=O)NC(C)(C)C)S(=O)(=O)c2ccc(SC)cc2)cc1. The number of nitrogens with one attached hydrogen (secondary N) is 1. The van der Waals surface area contributed by atoms with E-state index in [9.17, 15) is 22.4 Å². The highest BCUT2D eigenvalue weighted by atomic mass is 32.2. The van der Waals surface area contributed by atoms with Crippen molar-refractivity contribution in [3.05, 3.63) is 120 Å². The fourth-order valence-electron chi connectivity index (χ4n) is 5.07. The summed E-state index contributed by atoms with van der Waals surface area (Å²) in [6.07, 6.45) is 2.06. The van der Waals surface area contributed by atoms with Gasteiger partial charge in [-0.15, -0.1) is 11.8 Å². The molecule has 0 fully saturated rings. The van der Waals surface area contributed by atoms with Crippen molar-refractivity contribution in [1.29, 1.82) is 0 Å². The first-order chi connectivity index (χ1) is 22.8. The average Bonchev–Trinajstić information content (AvgIpc) is 3.06. The van der Waals surface area contributed by atoms with Gasteiger partial charge >= 0.3 is 0 Å². The molecule has 0 saturated carbocycles. The van der Waals surface area contributed by atoms with E-state index >= 15 is 0 Å². The Morgan fingerprint density at radius 2 is 1.50 bits per heavy atom. The van der Waals surface area contributed by atoms with Crippen molar-refractivity contribution in [2.24, 2.45) is 0 Å². The van der Waals surface area contributed by atoms with Crippen LogP contribution in [0, 0.1) is 5.82 Å². The number of amides is 2. The van der Waals surface area contributed by atoms with Gasteiger partial charge in [-0.2, -0.15) is 0 Å². The van der Waals surface area contributed by atoms with Crippen LogP contribution in [0.3, 0.4) is 0 Å². The van der Waals surface area contributed by atoms with Gasteiger partial charge in [0.1, 0.15) is 24.2 Å². The molecule has 48 heavy (non-hydrogen) atoms. The smallest absolute Gasteiger partial charge is 0.264 e. The van der Waals surface area contributed by atoms with Gasteiger partial charge in [-0.1, -0.05) is 42.5 Å². The lowest BCUT2D eigenvalue weighted by molar-refractivity contribution is -0.140. The molecule has 0 saturated heterocycles. The topological polar surface area (TPSA) is 96.0 Å². The summed E-state index contributed by atoms with van der Waals surface area (Å²) in [5.74, 6) is -0.899. The molecule has 0 aliphatic heterocycles. The van der Waals surface area contributed by atoms with Gasteiger partial charge in [-0.3, -0.25) is 13.9 Å². The van der Waals surface area contributed by atoms with Gasteiger partial charge in [-0.05, 0) is 106 Å². The van der Waals surface area contributed by atoms with Crippen molar-refractivity contribution in [2.45, 2.75) is 62.0 Å². The summed E-state index contributed by atoms with van der Waals surface area (Å²) in [5.41, 5.74) is 1.03. The van der Waals surface area contributed by atoms with Crippen LogP contribution in [0.5, 0.6) is 5.75 Å². The van der Waals surface area contributed by atoms with Crippen molar-refractivity contribution in [3.63, 3.8) is 0 Å². The minimum Gasteiger partial charge on any atom is -0.494 e. The molecular weight excluding hydrogens is 650 g/mol. The lowest BCUT2D eigenvalue weighted by atomic mass is 10.0. The molecule has 11 heteroatoms. The lowest BCUT2D eigenvalue weighted by Gasteiger charge is -2.35. The largest absolute Gasteiger partial charge is 0.494 e. The average molecular weight is 692 g/mol. The Balaban J connectivity index is 1.81. The number of sulfonamides is 1. The first kappa shape index (κ1) is 36.5. The van der Waals surface area contributed by atoms with E-state index in [1.807, 2.05) is 64.3 Å². The van der Waals surface area contributed by atoms with Crippen LogP contribution in [-0.4, -0.2) is 56.1 Å². The minimum absolute atomic E-state index is 0.0124. The molecule has 1 atom stereocenters. The van der Waals surface area contributed by atoms with Crippen LogP contribution in [0.4, 0.5) is 10.1 Å². The molecule has 254 valence electrons. The van der Waals surface area contributed by atoms with Crippen LogP contribution in [0.15, 0.2) is 113 Å². The number of carbonyl (C=O) groups is 2. The molecule has 0 aliphatic carbocycles. The predicted octanol–water partition coefficient (Wildman–Crippen LogP) is 6.70. The molecule has 0 spiro atoms. The summed E-state index contributed by atoms with van der Waals surface area (Å²) in [6.45, 7) is 7.15. The van der Waals surface area contributed by atoms with Gasteiger partial charge in [0.15, 0.2) is 0 Å². The van der Waals surface area contributed by atoms with E-state index < -0.39 is 45.8 Å². The zero-order valence-corrected chi connectivity index (χ0v) is 29.5. The van der Waals surface area contributed by atoms with E-state index in [2.05, 4.69) is 5.32 Å². The van der Waals surface area contributed by atoms with Gasteiger partial charge in [0.2, 0.25) is 11.8 Å². The zero-order chi connectivity index (χ0) is 34.9. The number of hydrogen-bond donors (Lipinski definition) is 1. The second kappa shape index (κ2) is 16.2. The minimum atomic E-state index is -4.26. The highest BCUT2D eigenvalue weighted by molar-refractivity contribution is 7.98. The quantitative estimate of drug-likeness (QED) is 0.148. The first-order valence-electron chi connectivity index (χ1n) is 15.6. The van der Waals surface area contributed by atoms with Gasteiger partial charge in [0.25, 0.3) is 10.0 Å². The number of halogens is 1. The summed E-state index contributed by atoms with van der Waals surface area (Å²) in [6, 6.07) is 26.9. The fraction of sp³-hybridized carbons (Fsp3) is 0.297. The summed E-state index contributed by atoms with van der Waals surface area (Å²) >= 11 is 1.48. The van der Waals surface area contributed by atoms with Crippen molar-refractivity contribution < 1.29 is 27.1 Å². The number of carbonyl (C=O) groups excluding carboxylic acids is 2. The maximum absolute atomic E-state index is 14.6. The third-order valence-corrected chi connectivity index (χ3v) is 9.93. The maximum Gasteiger partial charge on any atom is 0.264 e. The monoisotopic (exact) mass is 691 g/mol. The predicted molar refractivity (Wildman–Crippen MR) is 189 cm³/mol. The molecule has 2 amide bonds. The van der Waals surface area contributed by atoms with Gasteiger partial charge in [-0.25, -0.2) is 12.8 Å². The Labute approximate surface area is 287 Å². The molecule has 0 aliphatic rings. The fourth-order valence-corrected chi connectivity index (χ4v) is 6.89. The van der Waals surface area contributed by atoms with Crippen molar-refractivity contribution in [2.75, 3.05) is 23.7 Å². The Bertz CT molecular complexity index is 1760. The number of thioether (sulfide) groups is 1. The van der Waals surface area contributed by atoms with Gasteiger partial charge in [0.05, 0.1) is 17.2 Å². The number of hydrogen-bond acceptors (Lipinski definition) is 6. The van der Waals surface area contributed by atoms with Crippen LogP contribution in [-0.2, 0) is 32.6 Å². The molecular formula is C37H42FN3O5S2. The molecule has 8 nitrogen and oxygen atoms in total. The Morgan fingerprint density at radius 3 is 2.06 bits per heavy atom. The highest BCUT2D eigenvalue weighted by Crippen LogP contribution is 2.28. The van der Waals surface area contributed by atoms with Crippen molar-refractivity contribution in [1.82, 2.24) is 10.2 Å². The molecule has 0 aromatic heterocycles. The van der Waals surface area contributed by atoms with Crippen LogP contribution >= 0.6 is 11.8 Å². The summed E-state index contributed by atoms with van der Waals surface area (Å²) in [7, 11) is -4.26. The molecule has 0 unspecified atom stereocenters. The number of ether oxygens (including phenoxy) is 1. The summed E-state index contributed by atoms with van der Waals surface area (Å²) in [4.78, 5) is 30.8. The second-order valence-corrected chi connectivity index (χ2v) is 14.9. The van der Waals surface area contributed by atoms with E-state index in [1.165, 1.54) is 40.9 Å².